The Morgan fingerprint density at radius 3 is 2.81 bits per heavy atom. The first-order valence-corrected chi connectivity index (χ1v) is 7.09. The summed E-state index contributed by atoms with van der Waals surface area (Å²) in [5.41, 5.74) is 0. The van der Waals surface area contributed by atoms with E-state index in [4.69, 9.17) is 0 Å². The van der Waals surface area contributed by atoms with Crippen LogP contribution in [0.25, 0.3) is 5.95 Å². The molecule has 1 atom stereocenters. The zero-order chi connectivity index (χ0) is 14.7. The zero-order valence-electron chi connectivity index (χ0n) is 12.3. The Kier molecular flexibility index (Phi) is 3.96. The van der Waals surface area contributed by atoms with Crippen molar-refractivity contribution in [2.24, 2.45) is 5.92 Å². The van der Waals surface area contributed by atoms with E-state index >= 15 is 0 Å². The van der Waals surface area contributed by atoms with Gasteiger partial charge >= 0.3 is 0 Å². The van der Waals surface area contributed by atoms with Crippen LogP contribution in [0.5, 0.6) is 0 Å². The lowest BCUT2D eigenvalue weighted by Crippen LogP contribution is -2.20. The number of rotatable bonds is 5. The van der Waals surface area contributed by atoms with Crippen molar-refractivity contribution in [1.29, 1.82) is 0 Å². The van der Waals surface area contributed by atoms with Crippen molar-refractivity contribution in [1.82, 2.24) is 29.4 Å². The number of hydrogen-bond donors (Lipinski definition) is 2. The highest BCUT2D eigenvalue weighted by molar-refractivity contribution is 5.37. The van der Waals surface area contributed by atoms with Gasteiger partial charge in [0.05, 0.1) is 0 Å². The highest BCUT2D eigenvalue weighted by atomic mass is 15.3. The van der Waals surface area contributed by atoms with Gasteiger partial charge in [0.1, 0.15) is 6.33 Å². The largest absolute Gasteiger partial charge is 0.357 e. The van der Waals surface area contributed by atoms with Gasteiger partial charge in [0.15, 0.2) is 0 Å². The van der Waals surface area contributed by atoms with Crippen LogP contribution in [0.15, 0.2) is 18.7 Å². The van der Waals surface area contributed by atoms with Crippen LogP contribution < -0.4 is 10.6 Å². The van der Waals surface area contributed by atoms with Crippen molar-refractivity contribution in [3.63, 3.8) is 0 Å². The summed E-state index contributed by atoms with van der Waals surface area (Å²) in [6, 6.07) is 0. The van der Waals surface area contributed by atoms with Crippen molar-refractivity contribution in [2.45, 2.75) is 6.42 Å². The normalized spacial score (nSPS) is 18.9. The molecule has 0 bridgehead atoms. The van der Waals surface area contributed by atoms with E-state index in [0.29, 0.717) is 23.8 Å². The van der Waals surface area contributed by atoms with Crippen LogP contribution in [0.2, 0.25) is 0 Å². The average molecular weight is 288 g/mol. The summed E-state index contributed by atoms with van der Waals surface area (Å²) < 4.78 is 1.76. The van der Waals surface area contributed by atoms with Gasteiger partial charge in [0, 0.05) is 32.5 Å². The minimum absolute atomic E-state index is 0.541. The van der Waals surface area contributed by atoms with Crippen LogP contribution >= 0.6 is 0 Å². The minimum Gasteiger partial charge on any atom is -0.357 e. The van der Waals surface area contributed by atoms with Gasteiger partial charge in [-0.1, -0.05) is 0 Å². The molecule has 8 heteroatoms. The molecule has 1 fully saturated rings. The third kappa shape index (κ3) is 3.27. The Morgan fingerprint density at radius 2 is 2.14 bits per heavy atom. The predicted molar refractivity (Wildman–Crippen MR) is 80.6 cm³/mol. The van der Waals surface area contributed by atoms with Gasteiger partial charge in [0.2, 0.25) is 17.8 Å². The van der Waals surface area contributed by atoms with Crippen LogP contribution in [-0.4, -0.2) is 63.1 Å². The Bertz CT molecular complexity index is 582. The first-order valence-electron chi connectivity index (χ1n) is 7.09. The molecular formula is C13H20N8. The molecular weight excluding hydrogens is 268 g/mol. The van der Waals surface area contributed by atoms with Crippen LogP contribution in [-0.2, 0) is 0 Å². The molecule has 0 saturated carbocycles. The molecule has 1 unspecified atom stereocenters. The Hall–Kier alpha value is -2.22. The SMILES string of the molecule is CNc1nc(NCC2CCN(C)C2)nc(-n2ccnc2)n1. The molecule has 2 aromatic heterocycles. The van der Waals surface area contributed by atoms with E-state index in [1.165, 1.54) is 6.42 Å². The fourth-order valence-corrected chi connectivity index (χ4v) is 2.48. The number of imidazole rings is 1. The predicted octanol–water partition coefficient (Wildman–Crippen LogP) is 0.463. The zero-order valence-corrected chi connectivity index (χ0v) is 12.3. The summed E-state index contributed by atoms with van der Waals surface area (Å²) in [5.74, 6) is 2.33. The fraction of sp³-hybridized carbons (Fsp3) is 0.538. The van der Waals surface area contributed by atoms with Gasteiger partial charge < -0.3 is 15.5 Å². The first-order chi connectivity index (χ1) is 10.2. The van der Waals surface area contributed by atoms with Crippen molar-refractivity contribution in [3.8, 4) is 5.95 Å². The molecule has 1 aliphatic rings. The third-order valence-corrected chi connectivity index (χ3v) is 3.62. The molecule has 112 valence electrons. The lowest BCUT2D eigenvalue weighted by atomic mass is 10.1. The molecule has 0 aromatic carbocycles. The van der Waals surface area contributed by atoms with E-state index in [1.54, 1.807) is 24.1 Å². The maximum absolute atomic E-state index is 4.44. The van der Waals surface area contributed by atoms with Gasteiger partial charge in [-0.05, 0) is 25.9 Å². The first kappa shape index (κ1) is 13.7. The molecule has 0 radical (unpaired) electrons. The minimum atomic E-state index is 0.541. The van der Waals surface area contributed by atoms with Gasteiger partial charge in [0.25, 0.3) is 0 Å². The maximum Gasteiger partial charge on any atom is 0.241 e. The van der Waals surface area contributed by atoms with Gasteiger partial charge in [-0.15, -0.1) is 0 Å². The number of likely N-dealkylation sites (tertiary alicyclic amines) is 1. The number of nitrogens with one attached hydrogen (secondary N) is 2. The van der Waals surface area contributed by atoms with E-state index < -0.39 is 0 Å². The van der Waals surface area contributed by atoms with E-state index in [2.05, 4.69) is 42.5 Å². The lowest BCUT2D eigenvalue weighted by Gasteiger charge is -2.12. The van der Waals surface area contributed by atoms with E-state index in [9.17, 15) is 0 Å². The Labute approximate surface area is 123 Å². The molecule has 2 aromatic rings. The number of aromatic nitrogens is 5. The molecule has 0 amide bonds. The quantitative estimate of drug-likeness (QED) is 0.827. The standard InChI is InChI=1S/C13H20N8/c1-14-11-17-12(16-7-10-3-5-20(2)8-10)19-13(18-11)21-6-4-15-9-21/h4,6,9-10H,3,5,7-8H2,1-2H3,(H2,14,16,17,18,19). The molecule has 21 heavy (non-hydrogen) atoms. The molecule has 8 nitrogen and oxygen atoms in total. The number of anilines is 2. The third-order valence-electron chi connectivity index (χ3n) is 3.62. The van der Waals surface area contributed by atoms with Crippen molar-refractivity contribution in [3.05, 3.63) is 18.7 Å². The average Bonchev–Trinajstić information content (AvgIpc) is 3.16. The van der Waals surface area contributed by atoms with Gasteiger partial charge in [-0.2, -0.15) is 15.0 Å². The summed E-state index contributed by atoms with van der Waals surface area (Å²) >= 11 is 0. The molecule has 3 rings (SSSR count). The highest BCUT2D eigenvalue weighted by Gasteiger charge is 2.19. The highest BCUT2D eigenvalue weighted by Crippen LogP contribution is 2.15. The topological polar surface area (TPSA) is 83.8 Å². The monoisotopic (exact) mass is 288 g/mol. The second-order valence-corrected chi connectivity index (χ2v) is 5.30. The smallest absolute Gasteiger partial charge is 0.241 e. The van der Waals surface area contributed by atoms with Crippen LogP contribution in [0.3, 0.4) is 0 Å². The summed E-state index contributed by atoms with van der Waals surface area (Å²) in [4.78, 5) is 19.5. The summed E-state index contributed by atoms with van der Waals surface area (Å²) in [5, 5.41) is 6.28. The fourth-order valence-electron chi connectivity index (χ4n) is 2.48. The van der Waals surface area contributed by atoms with Crippen molar-refractivity contribution in [2.75, 3.05) is 44.4 Å². The molecule has 2 N–H and O–H groups in total. The molecule has 0 aliphatic carbocycles. The number of nitrogens with zero attached hydrogens (tertiary/aromatic N) is 6. The van der Waals surface area contributed by atoms with Crippen LogP contribution in [0.1, 0.15) is 6.42 Å². The molecule has 1 saturated heterocycles. The maximum atomic E-state index is 4.44. The Morgan fingerprint density at radius 1 is 1.29 bits per heavy atom. The number of hydrogen-bond acceptors (Lipinski definition) is 7. The van der Waals surface area contributed by atoms with Gasteiger partial charge in [-0.3, -0.25) is 4.57 Å². The molecule has 0 spiro atoms. The molecule has 3 heterocycles. The van der Waals surface area contributed by atoms with Crippen molar-refractivity contribution < 1.29 is 0 Å². The van der Waals surface area contributed by atoms with E-state index in [1.807, 2.05) is 6.20 Å². The second kappa shape index (κ2) is 6.04. The molecule has 1 aliphatic heterocycles. The summed E-state index contributed by atoms with van der Waals surface area (Å²) in [6.07, 6.45) is 6.39. The summed E-state index contributed by atoms with van der Waals surface area (Å²) in [6.45, 7) is 3.15. The summed E-state index contributed by atoms with van der Waals surface area (Å²) in [7, 11) is 3.95. The Balaban J connectivity index is 1.73. The second-order valence-electron chi connectivity index (χ2n) is 5.30. The van der Waals surface area contributed by atoms with E-state index in [-0.39, 0.29) is 0 Å². The van der Waals surface area contributed by atoms with E-state index in [0.717, 1.165) is 19.6 Å². The van der Waals surface area contributed by atoms with Crippen LogP contribution in [0, 0.1) is 5.92 Å². The van der Waals surface area contributed by atoms with Crippen LogP contribution in [0.4, 0.5) is 11.9 Å². The van der Waals surface area contributed by atoms with Gasteiger partial charge in [-0.25, -0.2) is 4.98 Å². The lowest BCUT2D eigenvalue weighted by molar-refractivity contribution is 0.399. The van der Waals surface area contributed by atoms with Crippen molar-refractivity contribution >= 4 is 11.9 Å².